The molecule has 1 amide bonds. The van der Waals surface area contributed by atoms with E-state index in [4.69, 9.17) is 9.47 Å². The molecule has 1 aliphatic heterocycles. The van der Waals surface area contributed by atoms with Crippen molar-refractivity contribution < 1.29 is 23.9 Å². The lowest BCUT2D eigenvalue weighted by Gasteiger charge is -2.37. The first-order chi connectivity index (χ1) is 17.4. The predicted octanol–water partition coefficient (Wildman–Crippen LogP) is 7.27. The zero-order chi connectivity index (χ0) is 26.6. The van der Waals surface area contributed by atoms with Crippen molar-refractivity contribution in [3.63, 3.8) is 0 Å². The van der Waals surface area contributed by atoms with E-state index >= 15 is 0 Å². The summed E-state index contributed by atoms with van der Waals surface area (Å²) in [6.45, 7) is 8.62. The van der Waals surface area contributed by atoms with Gasteiger partial charge < -0.3 is 14.8 Å². The largest absolute Gasteiger partial charge is 0.461 e. The SMILES string of the molecule is CCCCCCCCCCCC(CC1OC(=O)C1CCCCCC)OC(=O)C(CCC(C)C)NC=O. The molecule has 0 saturated carbocycles. The Morgan fingerprint density at radius 3 is 2.03 bits per heavy atom. The normalized spacial score (nSPS) is 18.9. The summed E-state index contributed by atoms with van der Waals surface area (Å²) in [6, 6.07) is -0.621. The number of esters is 2. The van der Waals surface area contributed by atoms with E-state index in [1.54, 1.807) is 0 Å². The lowest BCUT2D eigenvalue weighted by Crippen LogP contribution is -2.48. The number of hydrogen-bond donors (Lipinski definition) is 1. The summed E-state index contributed by atoms with van der Waals surface area (Å²) in [5.41, 5.74) is 0. The minimum absolute atomic E-state index is 0.0731. The van der Waals surface area contributed by atoms with Crippen LogP contribution < -0.4 is 5.32 Å². The van der Waals surface area contributed by atoms with Gasteiger partial charge >= 0.3 is 11.9 Å². The monoisotopic (exact) mass is 509 g/mol. The van der Waals surface area contributed by atoms with Gasteiger partial charge in [-0.15, -0.1) is 0 Å². The molecule has 210 valence electrons. The van der Waals surface area contributed by atoms with E-state index in [-0.39, 0.29) is 30.1 Å². The van der Waals surface area contributed by atoms with Crippen molar-refractivity contribution in [2.75, 3.05) is 0 Å². The Hall–Kier alpha value is -1.59. The molecule has 0 spiro atoms. The van der Waals surface area contributed by atoms with Gasteiger partial charge in [0.15, 0.2) is 0 Å². The maximum Gasteiger partial charge on any atom is 0.328 e. The summed E-state index contributed by atoms with van der Waals surface area (Å²) in [6.07, 6.45) is 19.4. The van der Waals surface area contributed by atoms with Crippen LogP contribution in [0.2, 0.25) is 0 Å². The van der Waals surface area contributed by atoms with Crippen LogP contribution in [0.25, 0.3) is 0 Å². The zero-order valence-electron chi connectivity index (χ0n) is 23.7. The first-order valence-corrected chi connectivity index (χ1v) is 15.0. The Labute approximate surface area is 221 Å². The lowest BCUT2D eigenvalue weighted by atomic mass is 9.86. The van der Waals surface area contributed by atoms with Crippen LogP contribution in [0.15, 0.2) is 0 Å². The summed E-state index contributed by atoms with van der Waals surface area (Å²) < 4.78 is 11.4. The average Bonchev–Trinajstić information content (AvgIpc) is 2.84. The number of cyclic esters (lactones) is 1. The van der Waals surface area contributed by atoms with Crippen LogP contribution >= 0.6 is 0 Å². The molecule has 1 fully saturated rings. The van der Waals surface area contributed by atoms with Crippen LogP contribution in [0.3, 0.4) is 0 Å². The van der Waals surface area contributed by atoms with Gasteiger partial charge in [0.1, 0.15) is 18.2 Å². The highest BCUT2D eigenvalue weighted by Crippen LogP contribution is 2.32. The van der Waals surface area contributed by atoms with Gasteiger partial charge in [0.25, 0.3) is 0 Å². The van der Waals surface area contributed by atoms with Crippen LogP contribution in [-0.4, -0.2) is 36.6 Å². The molecular weight excluding hydrogens is 454 g/mol. The van der Waals surface area contributed by atoms with Gasteiger partial charge in [0.05, 0.1) is 5.92 Å². The maximum absolute atomic E-state index is 12.9. The molecule has 0 aromatic carbocycles. The first-order valence-electron chi connectivity index (χ1n) is 15.0. The van der Waals surface area contributed by atoms with E-state index in [1.807, 2.05) is 0 Å². The van der Waals surface area contributed by atoms with E-state index in [0.717, 1.165) is 44.9 Å². The summed E-state index contributed by atoms with van der Waals surface area (Å²) >= 11 is 0. The number of rotatable bonds is 24. The Morgan fingerprint density at radius 2 is 1.47 bits per heavy atom. The third-order valence-corrected chi connectivity index (χ3v) is 7.38. The molecule has 0 bridgehead atoms. The van der Waals surface area contributed by atoms with E-state index in [9.17, 15) is 14.4 Å². The second kappa shape index (κ2) is 20.5. The van der Waals surface area contributed by atoms with Gasteiger partial charge in [-0.25, -0.2) is 4.79 Å². The zero-order valence-corrected chi connectivity index (χ0v) is 23.7. The van der Waals surface area contributed by atoms with Gasteiger partial charge in [-0.1, -0.05) is 105 Å². The molecule has 1 N–H and O–H groups in total. The maximum atomic E-state index is 12.9. The minimum Gasteiger partial charge on any atom is -0.461 e. The molecule has 1 heterocycles. The van der Waals surface area contributed by atoms with Crippen LogP contribution in [0.4, 0.5) is 0 Å². The molecule has 4 unspecified atom stereocenters. The highest BCUT2D eigenvalue weighted by Gasteiger charge is 2.43. The van der Waals surface area contributed by atoms with E-state index in [2.05, 4.69) is 33.0 Å². The number of carbonyl (C=O) groups is 3. The van der Waals surface area contributed by atoms with Gasteiger partial charge in [0, 0.05) is 6.42 Å². The van der Waals surface area contributed by atoms with E-state index in [1.165, 1.54) is 57.8 Å². The molecule has 36 heavy (non-hydrogen) atoms. The lowest BCUT2D eigenvalue weighted by molar-refractivity contribution is -0.190. The van der Waals surface area contributed by atoms with Crippen molar-refractivity contribution in [2.45, 2.75) is 162 Å². The molecule has 0 radical (unpaired) electrons. The highest BCUT2D eigenvalue weighted by molar-refractivity contribution is 5.79. The third kappa shape index (κ3) is 14.2. The number of amides is 1. The predicted molar refractivity (Wildman–Crippen MR) is 146 cm³/mol. The second-order valence-corrected chi connectivity index (χ2v) is 11.2. The highest BCUT2D eigenvalue weighted by atomic mass is 16.6. The summed E-state index contributed by atoms with van der Waals surface area (Å²) in [4.78, 5) is 36.1. The number of nitrogens with one attached hydrogen (secondary N) is 1. The molecule has 1 aliphatic rings. The standard InChI is InChI=1S/C30H55NO5/c1-5-7-9-11-12-13-14-15-16-18-25(35-30(34)27(31-23-32)21-20-24(3)4)22-28-26(29(33)36-28)19-17-10-8-6-2/h23-28H,5-22H2,1-4H3,(H,31,32). The quantitative estimate of drug-likeness (QED) is 0.0840. The van der Waals surface area contributed by atoms with E-state index in [0.29, 0.717) is 25.2 Å². The molecule has 0 aromatic heterocycles. The molecule has 0 aromatic rings. The van der Waals surface area contributed by atoms with Crippen LogP contribution in [-0.2, 0) is 23.9 Å². The smallest absolute Gasteiger partial charge is 0.328 e. The summed E-state index contributed by atoms with van der Waals surface area (Å²) in [5, 5.41) is 2.64. The van der Waals surface area contributed by atoms with Gasteiger partial charge in [-0.2, -0.15) is 0 Å². The van der Waals surface area contributed by atoms with Crippen molar-refractivity contribution in [3.05, 3.63) is 0 Å². The van der Waals surface area contributed by atoms with Crippen molar-refractivity contribution in [2.24, 2.45) is 11.8 Å². The number of unbranched alkanes of at least 4 members (excludes halogenated alkanes) is 11. The Morgan fingerprint density at radius 1 is 0.889 bits per heavy atom. The van der Waals surface area contributed by atoms with Crippen LogP contribution in [0.1, 0.15) is 143 Å². The molecule has 4 atom stereocenters. The third-order valence-electron chi connectivity index (χ3n) is 7.38. The molecule has 1 saturated heterocycles. The fraction of sp³-hybridized carbons (Fsp3) is 0.900. The minimum atomic E-state index is -0.621. The molecule has 6 heteroatoms. The van der Waals surface area contributed by atoms with Crippen molar-refractivity contribution in [3.8, 4) is 0 Å². The van der Waals surface area contributed by atoms with E-state index < -0.39 is 6.04 Å². The Kier molecular flexibility index (Phi) is 18.4. The van der Waals surface area contributed by atoms with Gasteiger partial charge in [-0.05, 0) is 38.0 Å². The first kappa shape index (κ1) is 32.4. The fourth-order valence-corrected chi connectivity index (χ4v) is 4.97. The molecule has 0 aliphatic carbocycles. The average molecular weight is 510 g/mol. The molecule has 6 nitrogen and oxygen atoms in total. The summed E-state index contributed by atoms with van der Waals surface area (Å²) in [7, 11) is 0. The van der Waals surface area contributed by atoms with Crippen molar-refractivity contribution in [1.82, 2.24) is 5.32 Å². The van der Waals surface area contributed by atoms with Crippen LogP contribution in [0.5, 0.6) is 0 Å². The van der Waals surface area contributed by atoms with Gasteiger partial charge in [-0.3, -0.25) is 9.59 Å². The van der Waals surface area contributed by atoms with Crippen molar-refractivity contribution in [1.29, 1.82) is 0 Å². The van der Waals surface area contributed by atoms with Crippen molar-refractivity contribution >= 4 is 18.3 Å². The second-order valence-electron chi connectivity index (χ2n) is 11.2. The van der Waals surface area contributed by atoms with Crippen LogP contribution in [0, 0.1) is 11.8 Å². The Balaban J connectivity index is 2.60. The summed E-state index contributed by atoms with van der Waals surface area (Å²) in [5.74, 6) is -0.110. The van der Waals surface area contributed by atoms with Gasteiger partial charge in [0.2, 0.25) is 6.41 Å². The number of carbonyl (C=O) groups excluding carboxylic acids is 3. The Bertz CT molecular complexity index is 594. The molecular formula is C30H55NO5. The fourth-order valence-electron chi connectivity index (χ4n) is 4.97. The number of ether oxygens (including phenoxy) is 2. The number of hydrogen-bond acceptors (Lipinski definition) is 5. The molecule has 1 rings (SSSR count). The topological polar surface area (TPSA) is 81.7 Å².